The van der Waals surface area contributed by atoms with Gasteiger partial charge in [0.15, 0.2) is 5.15 Å². The number of hydrogen-bond acceptors (Lipinski definition) is 4. The number of aliphatic hydroxyl groups is 1. The van der Waals surface area contributed by atoms with E-state index in [9.17, 15) is 0 Å². The summed E-state index contributed by atoms with van der Waals surface area (Å²) in [5.74, 6) is 0.621. The Kier molecular flexibility index (Phi) is 3.78. The van der Waals surface area contributed by atoms with Crippen molar-refractivity contribution in [2.45, 2.75) is 18.1 Å². The van der Waals surface area contributed by atoms with Gasteiger partial charge in [-0.05, 0) is 19.1 Å². The lowest BCUT2D eigenvalue weighted by molar-refractivity contribution is 0.220. The molecule has 0 aromatic carbocycles. The molecule has 1 rings (SSSR count). The van der Waals surface area contributed by atoms with Crippen LogP contribution in [0, 0.1) is 0 Å². The lowest BCUT2D eigenvalue weighted by Gasteiger charge is -2.01. The predicted octanol–water partition coefficient (Wildman–Crippen LogP) is 1.60. The molecule has 1 aromatic heterocycles. The summed E-state index contributed by atoms with van der Waals surface area (Å²) < 4.78 is 0. The van der Waals surface area contributed by atoms with E-state index in [1.807, 2.05) is 0 Å². The zero-order valence-electron chi connectivity index (χ0n) is 6.57. The lowest BCUT2D eigenvalue weighted by atomic mass is 10.5. The van der Waals surface area contributed by atoms with Crippen molar-refractivity contribution >= 4 is 23.4 Å². The van der Waals surface area contributed by atoms with E-state index >= 15 is 0 Å². The largest absolute Gasteiger partial charge is 0.393 e. The molecule has 1 atom stereocenters. The highest BCUT2D eigenvalue weighted by atomic mass is 35.5. The van der Waals surface area contributed by atoms with Gasteiger partial charge in [0, 0.05) is 5.75 Å². The monoisotopic (exact) mass is 204 g/mol. The van der Waals surface area contributed by atoms with Crippen LogP contribution in [0.5, 0.6) is 0 Å². The van der Waals surface area contributed by atoms with Gasteiger partial charge in [-0.2, -0.15) is 0 Å². The Morgan fingerprint density at radius 3 is 2.83 bits per heavy atom. The second kappa shape index (κ2) is 4.64. The molecule has 0 aliphatic rings. The van der Waals surface area contributed by atoms with E-state index < -0.39 is 0 Å². The van der Waals surface area contributed by atoms with Crippen molar-refractivity contribution in [2.24, 2.45) is 0 Å². The second-order valence-electron chi connectivity index (χ2n) is 2.35. The van der Waals surface area contributed by atoms with Crippen LogP contribution in [-0.2, 0) is 0 Å². The number of halogens is 1. The van der Waals surface area contributed by atoms with Gasteiger partial charge in [-0.1, -0.05) is 11.6 Å². The van der Waals surface area contributed by atoms with Crippen molar-refractivity contribution in [3.8, 4) is 0 Å². The maximum Gasteiger partial charge on any atom is 0.151 e. The van der Waals surface area contributed by atoms with Gasteiger partial charge in [0.25, 0.3) is 0 Å². The smallest absolute Gasteiger partial charge is 0.151 e. The third kappa shape index (κ3) is 3.38. The lowest BCUT2D eigenvalue weighted by Crippen LogP contribution is -2.02. The fraction of sp³-hybridized carbons (Fsp3) is 0.429. The van der Waals surface area contributed by atoms with Gasteiger partial charge in [-0.25, -0.2) is 0 Å². The average molecular weight is 205 g/mol. The Morgan fingerprint density at radius 2 is 2.33 bits per heavy atom. The van der Waals surface area contributed by atoms with Gasteiger partial charge >= 0.3 is 0 Å². The maximum atomic E-state index is 8.97. The third-order valence-electron chi connectivity index (χ3n) is 1.08. The minimum atomic E-state index is -0.326. The molecule has 0 radical (unpaired) electrons. The van der Waals surface area contributed by atoms with Crippen LogP contribution in [0.1, 0.15) is 6.92 Å². The van der Waals surface area contributed by atoms with Gasteiger partial charge in [-0.15, -0.1) is 22.0 Å². The average Bonchev–Trinajstić information content (AvgIpc) is 2.03. The number of thioether (sulfide) groups is 1. The first-order valence-corrected chi connectivity index (χ1v) is 4.85. The first-order valence-electron chi connectivity index (χ1n) is 3.48. The maximum absolute atomic E-state index is 8.97. The van der Waals surface area contributed by atoms with Crippen LogP contribution in [0.3, 0.4) is 0 Å². The number of rotatable bonds is 3. The molecular weight excluding hydrogens is 196 g/mol. The molecule has 0 bridgehead atoms. The highest BCUT2D eigenvalue weighted by Gasteiger charge is 1.99. The number of aliphatic hydroxyl groups excluding tert-OH is 1. The molecule has 5 heteroatoms. The van der Waals surface area contributed by atoms with Gasteiger partial charge < -0.3 is 5.11 Å². The SMILES string of the molecule is CC(O)CSc1ccc(Cl)nn1. The fourth-order valence-electron chi connectivity index (χ4n) is 0.587. The summed E-state index contributed by atoms with van der Waals surface area (Å²) in [7, 11) is 0. The van der Waals surface area contributed by atoms with Gasteiger partial charge in [0.05, 0.1) is 6.10 Å². The van der Waals surface area contributed by atoms with Crippen LogP contribution >= 0.6 is 23.4 Å². The van der Waals surface area contributed by atoms with Crippen molar-refractivity contribution in [1.82, 2.24) is 10.2 Å². The molecule has 1 unspecified atom stereocenters. The topological polar surface area (TPSA) is 46.0 Å². The summed E-state index contributed by atoms with van der Waals surface area (Å²) in [6.07, 6.45) is -0.326. The summed E-state index contributed by atoms with van der Waals surface area (Å²) in [5, 5.41) is 17.6. The summed E-state index contributed by atoms with van der Waals surface area (Å²) in [6, 6.07) is 3.46. The third-order valence-corrected chi connectivity index (χ3v) is 2.44. The van der Waals surface area contributed by atoms with Gasteiger partial charge in [0.2, 0.25) is 0 Å². The Balaban J connectivity index is 2.48. The number of nitrogens with zero attached hydrogens (tertiary/aromatic N) is 2. The van der Waals surface area contributed by atoms with Gasteiger partial charge in [0.1, 0.15) is 5.03 Å². The van der Waals surface area contributed by atoms with Crippen LogP contribution in [0.2, 0.25) is 5.15 Å². The normalized spacial score (nSPS) is 12.9. The van der Waals surface area contributed by atoms with Gasteiger partial charge in [-0.3, -0.25) is 0 Å². The van der Waals surface area contributed by atoms with Crippen molar-refractivity contribution in [3.05, 3.63) is 17.3 Å². The molecule has 0 spiro atoms. The van der Waals surface area contributed by atoms with E-state index in [0.29, 0.717) is 10.9 Å². The Hall–Kier alpha value is -0.320. The first kappa shape index (κ1) is 9.77. The minimum absolute atomic E-state index is 0.326. The molecule has 1 heterocycles. The molecule has 1 aromatic rings. The predicted molar refractivity (Wildman–Crippen MR) is 49.4 cm³/mol. The van der Waals surface area contributed by atoms with E-state index in [1.54, 1.807) is 19.1 Å². The quantitative estimate of drug-likeness (QED) is 0.760. The molecule has 0 saturated carbocycles. The van der Waals surface area contributed by atoms with E-state index in [-0.39, 0.29) is 6.10 Å². The number of aromatic nitrogens is 2. The van der Waals surface area contributed by atoms with Crippen molar-refractivity contribution in [3.63, 3.8) is 0 Å². The van der Waals surface area contributed by atoms with E-state index in [2.05, 4.69) is 10.2 Å². The van der Waals surface area contributed by atoms with Crippen LogP contribution in [0.15, 0.2) is 17.2 Å². The van der Waals surface area contributed by atoms with Crippen molar-refractivity contribution in [1.29, 1.82) is 0 Å². The minimum Gasteiger partial charge on any atom is -0.393 e. The molecule has 66 valence electrons. The Bertz CT molecular complexity index is 240. The zero-order valence-corrected chi connectivity index (χ0v) is 8.14. The molecule has 0 saturated heterocycles. The standard InChI is InChI=1S/C7H9ClN2OS/c1-5(11)4-12-7-3-2-6(8)9-10-7/h2-3,5,11H,4H2,1H3. The highest BCUT2D eigenvalue weighted by Crippen LogP contribution is 2.15. The highest BCUT2D eigenvalue weighted by molar-refractivity contribution is 7.99. The Morgan fingerprint density at radius 1 is 1.58 bits per heavy atom. The molecular formula is C7H9ClN2OS. The molecule has 0 amide bonds. The van der Waals surface area contributed by atoms with E-state index in [0.717, 1.165) is 5.03 Å². The summed E-state index contributed by atoms with van der Waals surface area (Å²) >= 11 is 7.00. The van der Waals surface area contributed by atoms with Crippen molar-refractivity contribution < 1.29 is 5.11 Å². The summed E-state index contributed by atoms with van der Waals surface area (Å²) in [5.41, 5.74) is 0. The molecule has 0 aliphatic carbocycles. The van der Waals surface area contributed by atoms with Crippen LogP contribution < -0.4 is 0 Å². The molecule has 0 fully saturated rings. The van der Waals surface area contributed by atoms with E-state index in [4.69, 9.17) is 16.7 Å². The fourth-order valence-corrected chi connectivity index (χ4v) is 1.36. The molecule has 0 aliphatic heterocycles. The first-order chi connectivity index (χ1) is 5.68. The Labute approximate surface area is 80.2 Å². The summed E-state index contributed by atoms with van der Waals surface area (Å²) in [6.45, 7) is 1.73. The van der Waals surface area contributed by atoms with Crippen LogP contribution in [0.25, 0.3) is 0 Å². The number of hydrogen-bond donors (Lipinski definition) is 1. The van der Waals surface area contributed by atoms with E-state index in [1.165, 1.54) is 11.8 Å². The second-order valence-corrected chi connectivity index (χ2v) is 3.78. The summed E-state index contributed by atoms with van der Waals surface area (Å²) in [4.78, 5) is 0. The van der Waals surface area contributed by atoms with Crippen LogP contribution in [-0.4, -0.2) is 27.2 Å². The van der Waals surface area contributed by atoms with Crippen LogP contribution in [0.4, 0.5) is 0 Å². The van der Waals surface area contributed by atoms with Crippen molar-refractivity contribution in [2.75, 3.05) is 5.75 Å². The molecule has 3 nitrogen and oxygen atoms in total. The molecule has 1 N–H and O–H groups in total. The zero-order chi connectivity index (χ0) is 8.97. The molecule has 12 heavy (non-hydrogen) atoms.